The maximum Gasteiger partial charge on any atom is 0.303 e. The van der Waals surface area contributed by atoms with Gasteiger partial charge in [0.05, 0.1) is 18.0 Å². The molecule has 126 valence electrons. The number of ether oxygens (including phenoxy) is 1. The van der Waals surface area contributed by atoms with E-state index in [1.807, 2.05) is 54.6 Å². The molecule has 0 unspecified atom stereocenters. The van der Waals surface area contributed by atoms with Gasteiger partial charge >= 0.3 is 5.97 Å². The summed E-state index contributed by atoms with van der Waals surface area (Å²) in [5, 5.41) is 10.1. The third-order valence-corrected chi connectivity index (χ3v) is 3.81. The molecule has 0 amide bonds. The van der Waals surface area contributed by atoms with E-state index in [0.29, 0.717) is 18.1 Å². The lowest BCUT2D eigenvalue weighted by molar-refractivity contribution is -0.136. The van der Waals surface area contributed by atoms with E-state index in [4.69, 9.17) is 27.9 Å². The zero-order chi connectivity index (χ0) is 17.4. The Kier molecular flexibility index (Phi) is 6.72. The SMILES string of the molecule is NN(Cc1cccc(OCc2ccccc2)c1)C(=S)CCC(=O)O. The molecule has 24 heavy (non-hydrogen) atoms. The van der Waals surface area contributed by atoms with Crippen LogP contribution in [0.5, 0.6) is 5.75 Å². The first-order valence-electron chi connectivity index (χ1n) is 7.57. The van der Waals surface area contributed by atoms with E-state index in [1.165, 1.54) is 5.01 Å². The van der Waals surface area contributed by atoms with E-state index in [2.05, 4.69) is 0 Å². The molecule has 0 bridgehead atoms. The second kappa shape index (κ2) is 9.00. The first kappa shape index (κ1) is 17.9. The third kappa shape index (κ3) is 5.98. The average Bonchev–Trinajstić information content (AvgIpc) is 2.59. The lowest BCUT2D eigenvalue weighted by Gasteiger charge is -2.19. The molecule has 0 atom stereocenters. The van der Waals surface area contributed by atoms with Gasteiger partial charge in [-0.2, -0.15) is 0 Å². The Morgan fingerprint density at radius 2 is 1.79 bits per heavy atom. The molecule has 0 aromatic heterocycles. The van der Waals surface area contributed by atoms with Gasteiger partial charge in [0.15, 0.2) is 0 Å². The molecule has 0 aliphatic carbocycles. The highest BCUT2D eigenvalue weighted by Crippen LogP contribution is 2.16. The van der Waals surface area contributed by atoms with Crippen LogP contribution in [0.1, 0.15) is 24.0 Å². The van der Waals surface area contributed by atoms with Crippen molar-refractivity contribution in [3.8, 4) is 5.75 Å². The number of nitrogens with two attached hydrogens (primary N) is 1. The summed E-state index contributed by atoms with van der Waals surface area (Å²) in [7, 11) is 0. The quantitative estimate of drug-likeness (QED) is 0.435. The summed E-state index contributed by atoms with van der Waals surface area (Å²) in [6.07, 6.45) is 0.234. The van der Waals surface area contributed by atoms with Gasteiger partial charge in [-0.05, 0) is 23.3 Å². The summed E-state index contributed by atoms with van der Waals surface area (Å²) in [6.45, 7) is 0.897. The number of rotatable bonds is 8. The molecular formula is C18H20N2O3S. The fourth-order valence-electron chi connectivity index (χ4n) is 2.12. The van der Waals surface area contributed by atoms with Gasteiger partial charge in [0.2, 0.25) is 0 Å². The van der Waals surface area contributed by atoms with Gasteiger partial charge in [-0.15, -0.1) is 0 Å². The average molecular weight is 344 g/mol. The Labute approximate surface area is 146 Å². The number of carbonyl (C=O) groups is 1. The van der Waals surface area contributed by atoms with Crippen LogP contribution in [0, 0.1) is 0 Å². The number of hydrogen-bond acceptors (Lipinski definition) is 4. The van der Waals surface area contributed by atoms with Crippen LogP contribution in [0.4, 0.5) is 0 Å². The zero-order valence-corrected chi connectivity index (χ0v) is 14.0. The molecule has 0 radical (unpaired) electrons. The van der Waals surface area contributed by atoms with Crippen LogP contribution in [0.3, 0.4) is 0 Å². The number of hydrogen-bond donors (Lipinski definition) is 2. The highest BCUT2D eigenvalue weighted by Gasteiger charge is 2.09. The Hall–Kier alpha value is -2.44. The second-order valence-electron chi connectivity index (χ2n) is 5.34. The molecule has 3 N–H and O–H groups in total. The van der Waals surface area contributed by atoms with E-state index in [0.717, 1.165) is 16.9 Å². The second-order valence-corrected chi connectivity index (χ2v) is 5.81. The lowest BCUT2D eigenvalue weighted by atomic mass is 10.2. The first-order valence-corrected chi connectivity index (χ1v) is 7.98. The largest absolute Gasteiger partial charge is 0.489 e. The monoisotopic (exact) mass is 344 g/mol. The van der Waals surface area contributed by atoms with Gasteiger partial charge in [0.25, 0.3) is 0 Å². The van der Waals surface area contributed by atoms with Gasteiger partial charge < -0.3 is 14.9 Å². The third-order valence-electron chi connectivity index (χ3n) is 3.37. The Balaban J connectivity index is 1.90. The highest BCUT2D eigenvalue weighted by atomic mass is 32.1. The molecule has 2 aromatic carbocycles. The van der Waals surface area contributed by atoms with Crippen LogP contribution in [-0.2, 0) is 17.9 Å². The summed E-state index contributed by atoms with van der Waals surface area (Å²) >= 11 is 5.15. The van der Waals surface area contributed by atoms with Gasteiger partial charge in [0, 0.05) is 6.42 Å². The van der Waals surface area contributed by atoms with Gasteiger partial charge in [-0.1, -0.05) is 54.7 Å². The predicted octanol–water partition coefficient (Wildman–Crippen LogP) is 3.13. The van der Waals surface area contributed by atoms with Gasteiger partial charge in [-0.3, -0.25) is 4.79 Å². The number of hydrazine groups is 1. The van der Waals surface area contributed by atoms with Crippen molar-refractivity contribution >= 4 is 23.2 Å². The summed E-state index contributed by atoms with van der Waals surface area (Å²) in [6, 6.07) is 17.5. The van der Waals surface area contributed by atoms with Crippen LogP contribution in [0.25, 0.3) is 0 Å². The van der Waals surface area contributed by atoms with E-state index in [1.54, 1.807) is 0 Å². The smallest absolute Gasteiger partial charge is 0.303 e. The number of nitrogens with zero attached hydrogens (tertiary/aromatic N) is 1. The number of carboxylic acid groups (broad SMARTS) is 1. The minimum Gasteiger partial charge on any atom is -0.489 e. The van der Waals surface area contributed by atoms with Crippen LogP contribution in [0.2, 0.25) is 0 Å². The molecule has 6 heteroatoms. The molecule has 0 aliphatic rings. The standard InChI is InChI=1S/C18H20N2O3S/c19-20(17(24)9-10-18(21)22)12-15-7-4-8-16(11-15)23-13-14-5-2-1-3-6-14/h1-8,11H,9-10,12-13,19H2,(H,21,22). The molecule has 0 saturated heterocycles. The predicted molar refractivity (Wildman–Crippen MR) is 96.4 cm³/mol. The molecule has 0 saturated carbocycles. The molecule has 0 spiro atoms. The maximum atomic E-state index is 10.6. The zero-order valence-electron chi connectivity index (χ0n) is 13.2. The van der Waals surface area contributed by atoms with Crippen molar-refractivity contribution in [2.45, 2.75) is 26.0 Å². The van der Waals surface area contributed by atoms with Crippen LogP contribution in [0.15, 0.2) is 54.6 Å². The normalized spacial score (nSPS) is 10.2. The number of benzene rings is 2. The topological polar surface area (TPSA) is 75.8 Å². The number of carboxylic acids is 1. The number of aliphatic carboxylic acids is 1. The highest BCUT2D eigenvalue weighted by molar-refractivity contribution is 7.80. The fourth-order valence-corrected chi connectivity index (χ4v) is 2.28. The molecular weight excluding hydrogens is 324 g/mol. The molecule has 2 rings (SSSR count). The molecule has 2 aromatic rings. The Morgan fingerprint density at radius 1 is 1.08 bits per heavy atom. The van der Waals surface area contributed by atoms with Crippen molar-refractivity contribution in [3.63, 3.8) is 0 Å². The Morgan fingerprint density at radius 3 is 2.50 bits per heavy atom. The first-order chi connectivity index (χ1) is 11.5. The van der Waals surface area contributed by atoms with Gasteiger partial charge in [-0.25, -0.2) is 5.84 Å². The summed E-state index contributed by atoms with van der Waals surface area (Å²) in [5.74, 6) is 5.77. The van der Waals surface area contributed by atoms with Crippen LogP contribution in [-0.4, -0.2) is 21.1 Å². The van der Waals surface area contributed by atoms with Crippen molar-refractivity contribution in [3.05, 3.63) is 65.7 Å². The lowest BCUT2D eigenvalue weighted by Crippen LogP contribution is -2.35. The number of thiocarbonyl (C=S) groups is 1. The van der Waals surface area contributed by atoms with Gasteiger partial charge in [0.1, 0.15) is 12.4 Å². The Bertz CT molecular complexity index is 692. The van der Waals surface area contributed by atoms with Crippen LogP contribution >= 0.6 is 12.2 Å². The fraction of sp³-hybridized carbons (Fsp3) is 0.222. The van der Waals surface area contributed by atoms with Crippen molar-refractivity contribution in [2.75, 3.05) is 0 Å². The summed E-state index contributed by atoms with van der Waals surface area (Å²) in [4.78, 5) is 11.0. The minimum atomic E-state index is -0.887. The van der Waals surface area contributed by atoms with E-state index < -0.39 is 5.97 Å². The van der Waals surface area contributed by atoms with Crippen LogP contribution < -0.4 is 10.6 Å². The van der Waals surface area contributed by atoms with Crippen molar-refractivity contribution in [1.82, 2.24) is 5.01 Å². The van der Waals surface area contributed by atoms with Crippen molar-refractivity contribution in [2.24, 2.45) is 5.84 Å². The molecule has 5 nitrogen and oxygen atoms in total. The minimum absolute atomic E-state index is 0.0211. The molecule has 0 fully saturated rings. The summed E-state index contributed by atoms with van der Waals surface area (Å²) in [5.41, 5.74) is 2.04. The van der Waals surface area contributed by atoms with E-state index in [9.17, 15) is 4.79 Å². The summed E-state index contributed by atoms with van der Waals surface area (Å²) < 4.78 is 5.78. The van der Waals surface area contributed by atoms with Crippen molar-refractivity contribution < 1.29 is 14.6 Å². The van der Waals surface area contributed by atoms with E-state index in [-0.39, 0.29) is 12.8 Å². The van der Waals surface area contributed by atoms with E-state index >= 15 is 0 Å². The molecule has 0 heterocycles. The molecule has 0 aliphatic heterocycles. The maximum absolute atomic E-state index is 10.6. The van der Waals surface area contributed by atoms with Crippen molar-refractivity contribution in [1.29, 1.82) is 0 Å².